The van der Waals surface area contributed by atoms with Crippen molar-refractivity contribution in [2.24, 2.45) is 23.2 Å². The zero-order chi connectivity index (χ0) is 26.0. The molecule has 2 saturated carbocycles. The second-order valence-electron chi connectivity index (χ2n) is 11.8. The van der Waals surface area contributed by atoms with Gasteiger partial charge in [-0.2, -0.15) is 0 Å². The number of benzene rings is 2. The van der Waals surface area contributed by atoms with Gasteiger partial charge in [-0.15, -0.1) is 0 Å². The van der Waals surface area contributed by atoms with Gasteiger partial charge in [0.1, 0.15) is 17.3 Å². The van der Waals surface area contributed by atoms with Crippen LogP contribution in [0, 0.1) is 23.2 Å². The van der Waals surface area contributed by atoms with Crippen molar-refractivity contribution < 1.29 is 19.4 Å². The lowest BCUT2D eigenvalue weighted by Crippen LogP contribution is -2.44. The fraction of sp³-hybridized carbons (Fsp3) is 0.562. The Labute approximate surface area is 221 Å². The van der Waals surface area contributed by atoms with Crippen molar-refractivity contribution in [1.29, 1.82) is 0 Å². The molecule has 5 heteroatoms. The molecule has 2 fully saturated rings. The summed E-state index contributed by atoms with van der Waals surface area (Å²) in [6.07, 6.45) is 9.76. The zero-order valence-corrected chi connectivity index (χ0v) is 22.3. The Balaban J connectivity index is 1.13. The number of methoxy groups -OCH3 is 1. The number of ketones is 1. The van der Waals surface area contributed by atoms with E-state index in [0.29, 0.717) is 42.4 Å². The number of nitrogens with one attached hydrogen (secondary N) is 1. The summed E-state index contributed by atoms with van der Waals surface area (Å²) in [5.74, 6) is 3.88. The number of hydrogen-bond acceptors (Lipinski definition) is 4. The van der Waals surface area contributed by atoms with Crippen molar-refractivity contribution in [1.82, 2.24) is 5.32 Å². The highest BCUT2D eigenvalue weighted by Crippen LogP contribution is 2.62. The minimum absolute atomic E-state index is 0.0734. The van der Waals surface area contributed by atoms with Crippen LogP contribution in [0.5, 0.6) is 11.5 Å². The number of rotatable bonds is 9. The van der Waals surface area contributed by atoms with Crippen molar-refractivity contribution >= 4 is 11.7 Å². The lowest BCUT2D eigenvalue weighted by molar-refractivity contribution is -0.129. The van der Waals surface area contributed by atoms with Crippen molar-refractivity contribution in [2.75, 3.05) is 7.11 Å². The van der Waals surface area contributed by atoms with Crippen LogP contribution in [-0.4, -0.2) is 23.9 Å². The maximum Gasteiger partial charge on any atom is 0.220 e. The first-order valence-electron chi connectivity index (χ1n) is 14.1. The molecular weight excluding hydrogens is 462 g/mol. The smallest absolute Gasteiger partial charge is 0.220 e. The average molecular weight is 504 g/mol. The fourth-order valence-electron chi connectivity index (χ4n) is 7.78. The number of aromatic hydroxyl groups is 1. The van der Waals surface area contributed by atoms with Crippen LogP contribution in [0.3, 0.4) is 0 Å². The van der Waals surface area contributed by atoms with Crippen LogP contribution in [0.25, 0.3) is 0 Å². The molecule has 0 unspecified atom stereocenters. The SMILES string of the molecule is COc1ccc2c(c1)CC[C@H]1[C@@H]3[C@H](CCCCCC(=O)NCc4ccc(O)cc4)CC(=O)[C@@]3(C)CC[C@H]21. The van der Waals surface area contributed by atoms with E-state index in [0.717, 1.165) is 62.7 Å². The first-order chi connectivity index (χ1) is 17.9. The first kappa shape index (κ1) is 25.8. The molecule has 1 amide bonds. The normalized spacial score (nSPS) is 28.2. The van der Waals surface area contributed by atoms with E-state index in [1.54, 1.807) is 19.2 Å². The van der Waals surface area contributed by atoms with Gasteiger partial charge < -0.3 is 15.2 Å². The Morgan fingerprint density at radius 3 is 2.70 bits per heavy atom. The molecule has 0 aromatic heterocycles. The monoisotopic (exact) mass is 503 g/mol. The summed E-state index contributed by atoms with van der Waals surface area (Å²) >= 11 is 0. The maximum absolute atomic E-state index is 13.2. The number of phenols is 1. The van der Waals surface area contributed by atoms with Crippen LogP contribution in [-0.2, 0) is 22.6 Å². The zero-order valence-electron chi connectivity index (χ0n) is 22.3. The Bertz CT molecular complexity index is 1130. The Kier molecular flexibility index (Phi) is 7.60. The summed E-state index contributed by atoms with van der Waals surface area (Å²) in [5, 5.41) is 12.3. The lowest BCUT2D eigenvalue weighted by Gasteiger charge is -2.50. The van der Waals surface area contributed by atoms with Crippen molar-refractivity contribution in [3.8, 4) is 11.5 Å². The molecule has 198 valence electrons. The molecule has 0 spiro atoms. The van der Waals surface area contributed by atoms with Gasteiger partial charge in [0, 0.05) is 24.8 Å². The van der Waals surface area contributed by atoms with Crippen LogP contribution in [0.2, 0.25) is 0 Å². The Morgan fingerprint density at radius 1 is 1.11 bits per heavy atom. The van der Waals surface area contributed by atoms with E-state index in [4.69, 9.17) is 4.74 Å². The van der Waals surface area contributed by atoms with Gasteiger partial charge >= 0.3 is 0 Å². The van der Waals surface area contributed by atoms with Crippen LogP contribution in [0.1, 0.15) is 87.3 Å². The second kappa shape index (κ2) is 10.9. The van der Waals surface area contributed by atoms with E-state index in [-0.39, 0.29) is 17.1 Å². The van der Waals surface area contributed by atoms with Gasteiger partial charge in [-0.1, -0.05) is 38.0 Å². The summed E-state index contributed by atoms with van der Waals surface area (Å²) in [6.45, 7) is 2.75. The van der Waals surface area contributed by atoms with E-state index in [1.807, 2.05) is 12.1 Å². The number of hydrogen-bond donors (Lipinski definition) is 2. The topological polar surface area (TPSA) is 75.6 Å². The van der Waals surface area contributed by atoms with Crippen molar-refractivity contribution in [3.05, 3.63) is 59.2 Å². The molecule has 0 radical (unpaired) electrons. The molecule has 3 aliphatic rings. The summed E-state index contributed by atoms with van der Waals surface area (Å²) in [4.78, 5) is 25.5. The molecule has 37 heavy (non-hydrogen) atoms. The molecule has 5 rings (SSSR count). The highest BCUT2D eigenvalue weighted by molar-refractivity contribution is 5.87. The number of amides is 1. The highest BCUT2D eigenvalue weighted by atomic mass is 16.5. The Hall–Kier alpha value is -2.82. The van der Waals surface area contributed by atoms with Crippen LogP contribution in [0.4, 0.5) is 0 Å². The van der Waals surface area contributed by atoms with Crippen molar-refractivity contribution in [2.45, 2.75) is 83.6 Å². The minimum Gasteiger partial charge on any atom is -0.508 e. The number of carbonyl (C=O) groups is 2. The van der Waals surface area contributed by atoms with E-state index < -0.39 is 0 Å². The van der Waals surface area contributed by atoms with E-state index in [1.165, 1.54) is 17.5 Å². The molecule has 0 aliphatic heterocycles. The number of carbonyl (C=O) groups excluding carboxylic acids is 2. The second-order valence-corrected chi connectivity index (χ2v) is 11.8. The standard InChI is InChI=1S/C32H41NO4/c1-32-17-16-27-26-15-13-25(37-2)18-22(26)10-14-28(27)31(32)23(19-29(32)35)6-4-3-5-7-30(36)33-20-21-8-11-24(34)12-9-21/h8-9,11-13,15,18,23,27-28,31,34H,3-7,10,14,16-17,19-20H2,1-2H3,(H,33,36)/t23-,27-,28-,31+,32-/m1/s1. The van der Waals surface area contributed by atoms with Crippen molar-refractivity contribution in [3.63, 3.8) is 0 Å². The third-order valence-electron chi connectivity index (χ3n) is 9.68. The molecule has 0 saturated heterocycles. The van der Waals surface area contributed by atoms with Gasteiger partial charge in [-0.3, -0.25) is 9.59 Å². The number of fused-ring (bicyclic) bond motifs is 5. The Morgan fingerprint density at radius 2 is 1.92 bits per heavy atom. The quantitative estimate of drug-likeness (QED) is 0.393. The third kappa shape index (κ3) is 5.28. The third-order valence-corrected chi connectivity index (χ3v) is 9.68. The van der Waals surface area contributed by atoms with Gasteiger partial charge in [-0.05, 0) is 103 Å². The van der Waals surface area contributed by atoms with Gasteiger partial charge in [0.2, 0.25) is 5.91 Å². The molecule has 2 N–H and O–H groups in total. The van der Waals surface area contributed by atoms with Gasteiger partial charge in [0.05, 0.1) is 7.11 Å². The number of ether oxygens (including phenoxy) is 1. The number of aryl methyl sites for hydroxylation is 1. The van der Waals surface area contributed by atoms with Crippen LogP contribution in [0.15, 0.2) is 42.5 Å². The van der Waals surface area contributed by atoms with E-state index in [9.17, 15) is 14.7 Å². The minimum atomic E-state index is -0.149. The number of unbranched alkanes of at least 4 members (excludes halogenated alkanes) is 2. The predicted octanol–water partition coefficient (Wildman–Crippen LogP) is 6.32. The molecule has 2 aromatic carbocycles. The van der Waals surface area contributed by atoms with E-state index in [2.05, 4.69) is 30.4 Å². The van der Waals surface area contributed by atoms with E-state index >= 15 is 0 Å². The number of Topliss-reactive ketones (excluding diaryl/α,β-unsaturated/α-hetero) is 1. The van der Waals surface area contributed by atoms with Gasteiger partial charge in [0.25, 0.3) is 0 Å². The summed E-state index contributed by atoms with van der Waals surface area (Å²) in [6, 6.07) is 13.5. The number of phenolic OH excluding ortho intramolecular Hbond substituents is 1. The van der Waals surface area contributed by atoms with Crippen LogP contribution >= 0.6 is 0 Å². The van der Waals surface area contributed by atoms with Crippen LogP contribution < -0.4 is 10.1 Å². The molecule has 3 aliphatic carbocycles. The molecule has 0 heterocycles. The lowest BCUT2D eigenvalue weighted by atomic mass is 9.54. The summed E-state index contributed by atoms with van der Waals surface area (Å²) in [7, 11) is 1.73. The largest absolute Gasteiger partial charge is 0.508 e. The molecule has 2 aromatic rings. The fourth-order valence-corrected chi connectivity index (χ4v) is 7.78. The summed E-state index contributed by atoms with van der Waals surface area (Å²) < 4.78 is 5.47. The predicted molar refractivity (Wildman–Crippen MR) is 145 cm³/mol. The maximum atomic E-state index is 13.2. The molecule has 5 nitrogen and oxygen atoms in total. The average Bonchev–Trinajstić information content (AvgIpc) is 3.17. The molecule has 0 bridgehead atoms. The summed E-state index contributed by atoms with van der Waals surface area (Å²) in [5.41, 5.74) is 3.77. The highest BCUT2D eigenvalue weighted by Gasteiger charge is 2.58. The molecule has 5 atom stereocenters. The van der Waals surface area contributed by atoms with Gasteiger partial charge in [-0.25, -0.2) is 0 Å². The van der Waals surface area contributed by atoms with Gasteiger partial charge in [0.15, 0.2) is 0 Å². The first-order valence-corrected chi connectivity index (χ1v) is 14.1. The molecular formula is C32H41NO4.